The van der Waals surface area contributed by atoms with Crippen molar-refractivity contribution in [3.63, 3.8) is 0 Å². The molecule has 1 heterocycles. The van der Waals surface area contributed by atoms with Crippen LogP contribution in [0.1, 0.15) is 31.2 Å². The highest BCUT2D eigenvalue weighted by Gasteiger charge is 2.41. The molecule has 3 atom stereocenters. The van der Waals surface area contributed by atoms with Gasteiger partial charge in [0.25, 0.3) is 0 Å². The Morgan fingerprint density at radius 2 is 2.00 bits per heavy atom. The van der Waals surface area contributed by atoms with Crippen LogP contribution < -0.4 is 0 Å². The van der Waals surface area contributed by atoms with Gasteiger partial charge in [0.2, 0.25) is 0 Å². The van der Waals surface area contributed by atoms with E-state index in [-0.39, 0.29) is 5.92 Å². The molecular formula is C17H21NO3. The van der Waals surface area contributed by atoms with Gasteiger partial charge in [-0.2, -0.15) is 0 Å². The number of carboxylic acid groups (broad SMARTS) is 1. The van der Waals surface area contributed by atoms with Gasteiger partial charge in [-0.05, 0) is 30.2 Å². The van der Waals surface area contributed by atoms with Gasteiger partial charge in [-0.15, -0.1) is 0 Å². The lowest BCUT2D eigenvalue weighted by Gasteiger charge is -2.44. The van der Waals surface area contributed by atoms with E-state index < -0.39 is 12.0 Å². The molecule has 1 aromatic rings. The molecule has 1 aromatic carbocycles. The van der Waals surface area contributed by atoms with Crippen molar-refractivity contribution in [2.45, 2.75) is 38.3 Å². The summed E-state index contributed by atoms with van der Waals surface area (Å²) in [5.41, 5.74) is 1.15. The van der Waals surface area contributed by atoms with Gasteiger partial charge in [-0.1, -0.05) is 30.3 Å². The Balaban J connectivity index is 1.75. The van der Waals surface area contributed by atoms with Crippen molar-refractivity contribution in [2.24, 2.45) is 11.8 Å². The molecule has 2 aliphatic rings. The van der Waals surface area contributed by atoms with Crippen LogP contribution in [-0.2, 0) is 16.1 Å². The number of benzene rings is 1. The van der Waals surface area contributed by atoms with Gasteiger partial charge >= 0.3 is 5.97 Å². The molecule has 4 nitrogen and oxygen atoms in total. The lowest BCUT2D eigenvalue weighted by Crippen LogP contribution is -2.51. The van der Waals surface area contributed by atoms with Crippen molar-refractivity contribution in [1.29, 1.82) is 0 Å². The van der Waals surface area contributed by atoms with Crippen molar-refractivity contribution in [3.8, 4) is 0 Å². The summed E-state index contributed by atoms with van der Waals surface area (Å²) in [5, 5.41) is 9.52. The standard InChI is InChI=1S/C17H21NO3/c19-15-7-6-13-11-18(10-12-4-2-1-3-5-12)16(17(20)21)9-14(13)8-15/h1-5,13-14,16H,6-11H2,(H,20,21)/t13-,14?,16?/m0/s1. The quantitative estimate of drug-likeness (QED) is 0.927. The summed E-state index contributed by atoms with van der Waals surface area (Å²) in [4.78, 5) is 25.3. The third kappa shape index (κ3) is 3.16. The Hall–Kier alpha value is -1.68. The van der Waals surface area contributed by atoms with Gasteiger partial charge in [0.05, 0.1) is 0 Å². The summed E-state index contributed by atoms with van der Waals surface area (Å²) in [5.74, 6) is 0.278. The molecule has 1 saturated heterocycles. The Morgan fingerprint density at radius 3 is 2.71 bits per heavy atom. The van der Waals surface area contributed by atoms with E-state index in [9.17, 15) is 14.7 Å². The van der Waals surface area contributed by atoms with Crippen LogP contribution >= 0.6 is 0 Å². The average molecular weight is 287 g/mol. The minimum absolute atomic E-state index is 0.263. The zero-order valence-electron chi connectivity index (χ0n) is 12.1. The van der Waals surface area contributed by atoms with Gasteiger partial charge in [-0.25, -0.2) is 0 Å². The molecule has 4 heteroatoms. The fourth-order valence-electron chi connectivity index (χ4n) is 3.77. The molecule has 1 N–H and O–H groups in total. The molecule has 1 aliphatic carbocycles. The van der Waals surface area contributed by atoms with E-state index in [0.717, 1.165) is 18.5 Å². The van der Waals surface area contributed by atoms with Crippen LogP contribution in [0.3, 0.4) is 0 Å². The van der Waals surface area contributed by atoms with Crippen LogP contribution in [0.4, 0.5) is 0 Å². The molecule has 0 amide bonds. The SMILES string of the molecule is O=C1CC[C@H]2CN(Cc3ccccc3)C(C(=O)O)CC2C1. The molecule has 2 fully saturated rings. The maximum atomic E-state index is 11.6. The number of piperidine rings is 1. The third-order valence-corrected chi connectivity index (χ3v) is 4.90. The molecule has 0 bridgehead atoms. The zero-order chi connectivity index (χ0) is 14.8. The predicted octanol–water partition coefficient (Wildman–Crippen LogP) is 2.33. The molecule has 1 saturated carbocycles. The third-order valence-electron chi connectivity index (χ3n) is 4.90. The van der Waals surface area contributed by atoms with E-state index in [1.807, 2.05) is 30.3 Å². The highest BCUT2D eigenvalue weighted by Crippen LogP contribution is 2.37. The Labute approximate surface area is 124 Å². The van der Waals surface area contributed by atoms with E-state index in [0.29, 0.717) is 37.5 Å². The van der Waals surface area contributed by atoms with E-state index in [4.69, 9.17) is 0 Å². The largest absolute Gasteiger partial charge is 0.480 e. The number of carbonyl (C=O) groups excluding carboxylic acids is 1. The van der Waals surface area contributed by atoms with Crippen molar-refractivity contribution in [1.82, 2.24) is 4.90 Å². The van der Waals surface area contributed by atoms with Crippen molar-refractivity contribution in [3.05, 3.63) is 35.9 Å². The number of carbonyl (C=O) groups is 2. The molecule has 0 radical (unpaired) electrons. The molecule has 21 heavy (non-hydrogen) atoms. The van der Waals surface area contributed by atoms with Crippen molar-refractivity contribution >= 4 is 11.8 Å². The second-order valence-corrected chi connectivity index (χ2v) is 6.31. The summed E-state index contributed by atoms with van der Waals surface area (Å²) in [6, 6.07) is 9.55. The maximum absolute atomic E-state index is 11.6. The molecule has 3 rings (SSSR count). The monoisotopic (exact) mass is 287 g/mol. The Kier molecular flexibility index (Phi) is 4.06. The second-order valence-electron chi connectivity index (χ2n) is 6.31. The number of fused-ring (bicyclic) bond motifs is 1. The highest BCUT2D eigenvalue weighted by atomic mass is 16.4. The number of rotatable bonds is 3. The maximum Gasteiger partial charge on any atom is 0.320 e. The van der Waals surface area contributed by atoms with Crippen LogP contribution in [0.5, 0.6) is 0 Å². The summed E-state index contributed by atoms with van der Waals surface area (Å²) in [6.07, 6.45) is 2.77. The number of hydrogen-bond acceptors (Lipinski definition) is 3. The molecule has 1 aliphatic heterocycles. The summed E-state index contributed by atoms with van der Waals surface area (Å²) < 4.78 is 0. The van der Waals surface area contributed by atoms with Crippen LogP contribution in [-0.4, -0.2) is 34.3 Å². The van der Waals surface area contributed by atoms with E-state index in [1.165, 1.54) is 0 Å². The summed E-state index contributed by atoms with van der Waals surface area (Å²) in [6.45, 7) is 1.47. The van der Waals surface area contributed by atoms with Crippen molar-refractivity contribution in [2.75, 3.05) is 6.54 Å². The van der Waals surface area contributed by atoms with Crippen LogP contribution in [0, 0.1) is 11.8 Å². The zero-order valence-corrected chi connectivity index (χ0v) is 12.1. The van der Waals surface area contributed by atoms with Crippen LogP contribution in [0.25, 0.3) is 0 Å². The lowest BCUT2D eigenvalue weighted by atomic mass is 9.72. The molecule has 2 unspecified atom stereocenters. The predicted molar refractivity (Wildman–Crippen MR) is 78.7 cm³/mol. The first-order chi connectivity index (χ1) is 10.1. The minimum atomic E-state index is -0.762. The van der Waals surface area contributed by atoms with Gasteiger partial charge in [0.15, 0.2) is 0 Å². The minimum Gasteiger partial charge on any atom is -0.480 e. The van der Waals surface area contributed by atoms with Crippen molar-refractivity contribution < 1.29 is 14.7 Å². The number of hydrogen-bond donors (Lipinski definition) is 1. The second kappa shape index (κ2) is 5.98. The Bertz CT molecular complexity index is 528. The number of Topliss-reactive ketones (excluding diaryl/α,β-unsaturated/α-hetero) is 1. The van der Waals surface area contributed by atoms with E-state index in [1.54, 1.807) is 0 Å². The summed E-state index contributed by atoms with van der Waals surface area (Å²) in [7, 11) is 0. The number of ketones is 1. The van der Waals surface area contributed by atoms with E-state index in [2.05, 4.69) is 4.90 Å². The Morgan fingerprint density at radius 1 is 1.24 bits per heavy atom. The van der Waals surface area contributed by atoms with E-state index >= 15 is 0 Å². The summed E-state index contributed by atoms with van der Waals surface area (Å²) >= 11 is 0. The first kappa shape index (κ1) is 14.3. The van der Waals surface area contributed by atoms with Gasteiger partial charge < -0.3 is 5.11 Å². The van der Waals surface area contributed by atoms with Crippen LogP contribution in [0.2, 0.25) is 0 Å². The first-order valence-electron chi connectivity index (χ1n) is 7.66. The van der Waals surface area contributed by atoms with Gasteiger partial charge in [0, 0.05) is 25.9 Å². The topological polar surface area (TPSA) is 57.6 Å². The molecule has 0 aromatic heterocycles. The fraction of sp³-hybridized carbons (Fsp3) is 0.529. The normalized spacial score (nSPS) is 29.9. The van der Waals surface area contributed by atoms with Crippen LogP contribution in [0.15, 0.2) is 30.3 Å². The van der Waals surface area contributed by atoms with Gasteiger partial charge in [-0.3, -0.25) is 14.5 Å². The molecule has 112 valence electrons. The first-order valence-corrected chi connectivity index (χ1v) is 7.66. The number of nitrogens with zero attached hydrogens (tertiary/aromatic N) is 1. The number of likely N-dealkylation sites (tertiary alicyclic amines) is 1. The molecule has 0 spiro atoms. The fourth-order valence-corrected chi connectivity index (χ4v) is 3.77. The lowest BCUT2D eigenvalue weighted by molar-refractivity contribution is -0.148. The smallest absolute Gasteiger partial charge is 0.320 e. The number of aliphatic carboxylic acids is 1. The highest BCUT2D eigenvalue weighted by molar-refractivity contribution is 5.80. The molecular weight excluding hydrogens is 266 g/mol. The average Bonchev–Trinajstić information content (AvgIpc) is 2.47. The number of carboxylic acids is 1. The van der Waals surface area contributed by atoms with Gasteiger partial charge in [0.1, 0.15) is 11.8 Å².